The summed E-state index contributed by atoms with van der Waals surface area (Å²) in [4.78, 5) is 4.36. The molecule has 27 heavy (non-hydrogen) atoms. The van der Waals surface area contributed by atoms with E-state index in [1.165, 1.54) is 24.0 Å². The SMILES string of the molecule is CN=C(NCc1ccc(OC)c(OC)c1)NCC1(c2ccccc2C)CC1. The van der Waals surface area contributed by atoms with Crippen molar-refractivity contribution >= 4 is 5.96 Å². The number of guanidine groups is 1. The number of benzene rings is 2. The lowest BCUT2D eigenvalue weighted by Gasteiger charge is -2.21. The molecule has 1 fully saturated rings. The van der Waals surface area contributed by atoms with E-state index in [9.17, 15) is 0 Å². The molecule has 144 valence electrons. The number of methoxy groups -OCH3 is 2. The molecule has 2 aromatic rings. The lowest BCUT2D eigenvalue weighted by Crippen LogP contribution is -2.41. The molecule has 1 saturated carbocycles. The van der Waals surface area contributed by atoms with Crippen LogP contribution in [0.4, 0.5) is 0 Å². The van der Waals surface area contributed by atoms with Gasteiger partial charge in [-0.05, 0) is 48.6 Å². The normalized spacial score (nSPS) is 15.2. The van der Waals surface area contributed by atoms with E-state index in [1.54, 1.807) is 21.3 Å². The highest BCUT2D eigenvalue weighted by Gasteiger charge is 2.44. The van der Waals surface area contributed by atoms with Gasteiger partial charge in [0.1, 0.15) is 0 Å². The van der Waals surface area contributed by atoms with Crippen LogP contribution >= 0.6 is 0 Å². The van der Waals surface area contributed by atoms with Gasteiger partial charge in [-0.1, -0.05) is 30.3 Å². The Morgan fingerprint density at radius 3 is 2.41 bits per heavy atom. The Hall–Kier alpha value is -2.69. The van der Waals surface area contributed by atoms with Gasteiger partial charge in [0.15, 0.2) is 17.5 Å². The summed E-state index contributed by atoms with van der Waals surface area (Å²) < 4.78 is 10.7. The van der Waals surface area contributed by atoms with E-state index in [0.717, 1.165) is 29.6 Å². The van der Waals surface area contributed by atoms with Gasteiger partial charge in [-0.2, -0.15) is 0 Å². The minimum Gasteiger partial charge on any atom is -0.493 e. The number of hydrogen-bond acceptors (Lipinski definition) is 3. The first-order valence-electron chi connectivity index (χ1n) is 9.33. The van der Waals surface area contributed by atoms with Crippen molar-refractivity contribution in [2.24, 2.45) is 4.99 Å². The van der Waals surface area contributed by atoms with Crippen molar-refractivity contribution in [1.29, 1.82) is 0 Å². The number of nitrogens with one attached hydrogen (secondary N) is 2. The monoisotopic (exact) mass is 367 g/mol. The lowest BCUT2D eigenvalue weighted by molar-refractivity contribution is 0.354. The maximum Gasteiger partial charge on any atom is 0.191 e. The molecule has 0 unspecified atom stereocenters. The second kappa shape index (κ2) is 8.33. The van der Waals surface area contributed by atoms with Gasteiger partial charge in [0.25, 0.3) is 0 Å². The molecule has 0 bridgehead atoms. The van der Waals surface area contributed by atoms with Crippen molar-refractivity contribution in [3.05, 3.63) is 59.2 Å². The quantitative estimate of drug-likeness (QED) is 0.582. The molecule has 0 atom stereocenters. The summed E-state index contributed by atoms with van der Waals surface area (Å²) in [5.74, 6) is 2.28. The van der Waals surface area contributed by atoms with Crippen LogP contribution in [-0.2, 0) is 12.0 Å². The predicted molar refractivity (Wildman–Crippen MR) is 110 cm³/mol. The highest BCUT2D eigenvalue weighted by molar-refractivity contribution is 5.79. The van der Waals surface area contributed by atoms with Gasteiger partial charge in [0.2, 0.25) is 0 Å². The fourth-order valence-corrected chi connectivity index (χ4v) is 3.51. The van der Waals surface area contributed by atoms with Crippen molar-refractivity contribution in [3.63, 3.8) is 0 Å². The summed E-state index contributed by atoms with van der Waals surface area (Å²) in [6.07, 6.45) is 2.44. The highest BCUT2D eigenvalue weighted by atomic mass is 16.5. The molecule has 0 radical (unpaired) electrons. The minimum atomic E-state index is 0.242. The molecule has 0 aliphatic heterocycles. The van der Waals surface area contributed by atoms with E-state index < -0.39 is 0 Å². The highest BCUT2D eigenvalue weighted by Crippen LogP contribution is 2.48. The summed E-state index contributed by atoms with van der Waals surface area (Å²) in [5, 5.41) is 6.89. The average Bonchev–Trinajstić information content (AvgIpc) is 3.49. The summed E-state index contributed by atoms with van der Waals surface area (Å²) in [7, 11) is 5.09. The van der Waals surface area contributed by atoms with Crippen LogP contribution in [0.1, 0.15) is 29.5 Å². The van der Waals surface area contributed by atoms with Crippen molar-refractivity contribution in [2.45, 2.75) is 31.7 Å². The number of nitrogens with zero attached hydrogens (tertiary/aromatic N) is 1. The zero-order valence-electron chi connectivity index (χ0n) is 16.6. The Morgan fingerprint density at radius 1 is 1.04 bits per heavy atom. The third-order valence-electron chi connectivity index (χ3n) is 5.30. The van der Waals surface area contributed by atoms with Gasteiger partial charge >= 0.3 is 0 Å². The fraction of sp³-hybridized carbons (Fsp3) is 0.409. The first-order valence-corrected chi connectivity index (χ1v) is 9.33. The van der Waals surface area contributed by atoms with Crippen molar-refractivity contribution < 1.29 is 9.47 Å². The average molecular weight is 367 g/mol. The molecule has 5 heteroatoms. The first kappa shape index (κ1) is 19.1. The van der Waals surface area contributed by atoms with Crippen LogP contribution < -0.4 is 20.1 Å². The molecule has 1 aliphatic carbocycles. The Balaban J connectivity index is 1.58. The van der Waals surface area contributed by atoms with E-state index in [1.807, 2.05) is 18.2 Å². The van der Waals surface area contributed by atoms with Gasteiger partial charge in [0, 0.05) is 25.6 Å². The van der Waals surface area contributed by atoms with Crippen LogP contribution in [0.15, 0.2) is 47.5 Å². The summed E-state index contributed by atoms with van der Waals surface area (Å²) in [6, 6.07) is 14.6. The van der Waals surface area contributed by atoms with E-state index in [4.69, 9.17) is 9.47 Å². The topological polar surface area (TPSA) is 54.9 Å². The molecule has 2 aromatic carbocycles. The summed E-state index contributed by atoms with van der Waals surface area (Å²) in [5.41, 5.74) is 4.17. The Kier molecular flexibility index (Phi) is 5.89. The molecular formula is C22H29N3O2. The van der Waals surface area contributed by atoms with E-state index >= 15 is 0 Å². The third kappa shape index (κ3) is 4.35. The Labute approximate surface area is 161 Å². The van der Waals surface area contributed by atoms with Crippen molar-refractivity contribution in [1.82, 2.24) is 10.6 Å². The summed E-state index contributed by atoms with van der Waals surface area (Å²) >= 11 is 0. The molecule has 0 heterocycles. The molecule has 5 nitrogen and oxygen atoms in total. The number of rotatable bonds is 7. The largest absolute Gasteiger partial charge is 0.493 e. The number of hydrogen-bond donors (Lipinski definition) is 2. The number of ether oxygens (including phenoxy) is 2. The van der Waals surface area contributed by atoms with Crippen molar-refractivity contribution in [2.75, 3.05) is 27.8 Å². The number of aryl methyl sites for hydroxylation is 1. The summed E-state index contributed by atoms with van der Waals surface area (Å²) in [6.45, 7) is 3.75. The van der Waals surface area contributed by atoms with Crippen LogP contribution in [-0.4, -0.2) is 33.8 Å². The molecule has 3 rings (SSSR count). The van der Waals surface area contributed by atoms with Crippen LogP contribution in [0.2, 0.25) is 0 Å². The smallest absolute Gasteiger partial charge is 0.191 e. The molecule has 2 N–H and O–H groups in total. The molecular weight excluding hydrogens is 338 g/mol. The van der Waals surface area contributed by atoms with E-state index in [0.29, 0.717) is 6.54 Å². The maximum absolute atomic E-state index is 5.37. The van der Waals surface area contributed by atoms with Gasteiger partial charge in [-0.25, -0.2) is 0 Å². The lowest BCUT2D eigenvalue weighted by atomic mass is 9.92. The van der Waals surface area contributed by atoms with Crippen LogP contribution in [0.5, 0.6) is 11.5 Å². The van der Waals surface area contributed by atoms with Gasteiger partial charge < -0.3 is 20.1 Å². The second-order valence-corrected chi connectivity index (χ2v) is 7.06. The van der Waals surface area contributed by atoms with Gasteiger partial charge in [-0.15, -0.1) is 0 Å². The molecule has 0 aromatic heterocycles. The minimum absolute atomic E-state index is 0.242. The third-order valence-corrected chi connectivity index (χ3v) is 5.30. The van der Waals surface area contributed by atoms with Crippen molar-refractivity contribution in [3.8, 4) is 11.5 Å². The Bertz CT molecular complexity index is 813. The predicted octanol–water partition coefficient (Wildman–Crippen LogP) is 3.41. The fourth-order valence-electron chi connectivity index (χ4n) is 3.51. The first-order chi connectivity index (χ1) is 13.1. The van der Waals surface area contributed by atoms with Crippen LogP contribution in [0, 0.1) is 6.92 Å². The second-order valence-electron chi connectivity index (χ2n) is 7.06. The standard InChI is InChI=1S/C22H29N3O2/c1-16-7-5-6-8-18(16)22(11-12-22)15-25-21(23-2)24-14-17-9-10-19(26-3)20(13-17)27-4/h5-10,13H,11-12,14-15H2,1-4H3,(H2,23,24,25). The maximum atomic E-state index is 5.37. The van der Waals surface area contributed by atoms with Gasteiger partial charge in [-0.3, -0.25) is 4.99 Å². The van der Waals surface area contributed by atoms with E-state index in [2.05, 4.69) is 46.8 Å². The van der Waals surface area contributed by atoms with E-state index in [-0.39, 0.29) is 5.41 Å². The Morgan fingerprint density at radius 2 is 1.78 bits per heavy atom. The number of aliphatic imine (C=N–C) groups is 1. The molecule has 0 spiro atoms. The van der Waals surface area contributed by atoms with Crippen LogP contribution in [0.25, 0.3) is 0 Å². The zero-order chi connectivity index (χ0) is 19.3. The van der Waals surface area contributed by atoms with Crippen LogP contribution in [0.3, 0.4) is 0 Å². The molecule has 0 saturated heterocycles. The molecule has 0 amide bonds. The zero-order valence-corrected chi connectivity index (χ0v) is 16.6. The van der Waals surface area contributed by atoms with Gasteiger partial charge in [0.05, 0.1) is 14.2 Å². The molecule has 1 aliphatic rings.